The molecule has 6 heteroatoms. The summed E-state index contributed by atoms with van der Waals surface area (Å²) in [6, 6.07) is 0. The lowest BCUT2D eigenvalue weighted by molar-refractivity contribution is -0.00311. The minimum Gasteiger partial charge on any atom is -0.312 e. The second-order valence-electron chi connectivity index (χ2n) is 7.08. The maximum Gasteiger partial charge on any atom is 0.118 e. The van der Waals surface area contributed by atoms with Crippen molar-refractivity contribution in [2.75, 3.05) is 97.3 Å². The van der Waals surface area contributed by atoms with Crippen LogP contribution in [0.25, 0.3) is 0 Å². The Morgan fingerprint density at radius 3 is 1.04 bits per heavy atom. The summed E-state index contributed by atoms with van der Waals surface area (Å²) in [6.07, 6.45) is 0.403. The van der Waals surface area contributed by atoms with Crippen LogP contribution in [-0.2, 0) is 0 Å². The standard InChI is InChI=1S/C8H21N3.C6H16N2.C3H9N/c1-7-11(6)8(9(2)3)10(4)5;1-5-8(4)6-7(2)3;1-4(2)3/h8H,7H2,1-6H3;5-6H2,1-4H3;1-3H3. The fourth-order valence-electron chi connectivity index (χ4n) is 2.00. The van der Waals surface area contributed by atoms with Crippen LogP contribution in [0.15, 0.2) is 0 Å². The molecule has 0 bridgehead atoms. The summed E-state index contributed by atoms with van der Waals surface area (Å²) in [5.74, 6) is 0. The molecule has 0 aliphatic carbocycles. The zero-order valence-electron chi connectivity index (χ0n) is 18.4. The molecule has 0 aromatic carbocycles. The second-order valence-corrected chi connectivity index (χ2v) is 7.08. The molecule has 0 N–H and O–H groups in total. The number of hydrogen-bond acceptors (Lipinski definition) is 6. The topological polar surface area (TPSA) is 19.4 Å². The highest BCUT2D eigenvalue weighted by atomic mass is 15.5. The number of rotatable bonds is 7. The molecule has 0 amide bonds. The van der Waals surface area contributed by atoms with Crippen molar-refractivity contribution in [1.82, 2.24) is 29.4 Å². The summed E-state index contributed by atoms with van der Waals surface area (Å²) in [5, 5.41) is 0. The molecule has 0 fully saturated rings. The van der Waals surface area contributed by atoms with Gasteiger partial charge in [0.05, 0.1) is 0 Å². The van der Waals surface area contributed by atoms with Gasteiger partial charge in [0.2, 0.25) is 0 Å². The van der Waals surface area contributed by atoms with Gasteiger partial charge in [-0.3, -0.25) is 24.5 Å². The summed E-state index contributed by atoms with van der Waals surface area (Å²) in [6.45, 7) is 7.57. The molecule has 0 radical (unpaired) electrons. The third-order valence-electron chi connectivity index (χ3n) is 2.88. The van der Waals surface area contributed by atoms with E-state index in [1.807, 2.05) is 26.0 Å². The van der Waals surface area contributed by atoms with Crippen LogP contribution in [0.2, 0.25) is 0 Å². The molecule has 0 aromatic heterocycles. The van der Waals surface area contributed by atoms with E-state index in [1.165, 1.54) is 0 Å². The normalized spacial score (nSPS) is 11.5. The second kappa shape index (κ2) is 16.6. The maximum atomic E-state index is 2.29. The summed E-state index contributed by atoms with van der Waals surface area (Å²) in [7, 11) is 22.8. The smallest absolute Gasteiger partial charge is 0.118 e. The van der Waals surface area contributed by atoms with E-state index in [0.717, 1.165) is 19.8 Å². The van der Waals surface area contributed by atoms with Gasteiger partial charge >= 0.3 is 0 Å². The predicted molar refractivity (Wildman–Crippen MR) is 106 cm³/mol. The molecule has 0 saturated heterocycles. The molecule has 6 nitrogen and oxygen atoms in total. The van der Waals surface area contributed by atoms with Gasteiger partial charge < -0.3 is 4.90 Å². The summed E-state index contributed by atoms with van der Waals surface area (Å²) in [5.41, 5.74) is 0. The number of hydrogen-bond donors (Lipinski definition) is 0. The highest BCUT2D eigenvalue weighted by molar-refractivity contribution is 4.60. The fraction of sp³-hybridized carbons (Fsp3) is 1.00. The Kier molecular flexibility index (Phi) is 19.9. The Labute approximate surface area is 147 Å². The van der Waals surface area contributed by atoms with Crippen LogP contribution in [0.3, 0.4) is 0 Å². The Morgan fingerprint density at radius 1 is 0.609 bits per heavy atom. The third kappa shape index (κ3) is 21.8. The Balaban J connectivity index is -0.000000292. The van der Waals surface area contributed by atoms with Gasteiger partial charge in [-0.15, -0.1) is 0 Å². The van der Waals surface area contributed by atoms with Crippen LogP contribution in [-0.4, -0.2) is 133 Å². The zero-order valence-corrected chi connectivity index (χ0v) is 18.4. The molecular weight excluding hydrogens is 288 g/mol. The van der Waals surface area contributed by atoms with E-state index in [1.54, 1.807) is 0 Å². The highest BCUT2D eigenvalue weighted by Crippen LogP contribution is 2.01. The van der Waals surface area contributed by atoms with Crippen LogP contribution < -0.4 is 0 Å². The average molecular weight is 335 g/mol. The highest BCUT2D eigenvalue weighted by Gasteiger charge is 2.16. The van der Waals surface area contributed by atoms with Gasteiger partial charge in [0.25, 0.3) is 0 Å². The molecule has 0 saturated carbocycles. The molecule has 144 valence electrons. The fourth-order valence-corrected chi connectivity index (χ4v) is 2.00. The molecule has 0 aromatic rings. The maximum absolute atomic E-state index is 2.29. The van der Waals surface area contributed by atoms with E-state index in [0.29, 0.717) is 6.29 Å². The zero-order chi connectivity index (χ0) is 19.2. The molecule has 0 spiro atoms. The van der Waals surface area contributed by atoms with Crippen molar-refractivity contribution in [1.29, 1.82) is 0 Å². The lowest BCUT2D eigenvalue weighted by Gasteiger charge is -2.37. The molecule has 0 rings (SSSR count). The average Bonchev–Trinajstić information content (AvgIpc) is 2.36. The van der Waals surface area contributed by atoms with Gasteiger partial charge in [-0.1, -0.05) is 13.8 Å². The van der Waals surface area contributed by atoms with Crippen molar-refractivity contribution in [3.05, 3.63) is 0 Å². The van der Waals surface area contributed by atoms with Crippen molar-refractivity contribution in [3.63, 3.8) is 0 Å². The SMILES string of the molecule is CCN(C)C(N(C)C)N(C)C.CCN(C)CN(C)C.CN(C)C. The first-order valence-electron chi connectivity index (χ1n) is 8.37. The minimum atomic E-state index is 0.403. The largest absolute Gasteiger partial charge is 0.312 e. The van der Waals surface area contributed by atoms with Gasteiger partial charge in [-0.2, -0.15) is 0 Å². The minimum absolute atomic E-state index is 0.403. The lowest BCUT2D eigenvalue weighted by Crippen LogP contribution is -2.51. The van der Waals surface area contributed by atoms with Crippen LogP contribution in [0.4, 0.5) is 0 Å². The molecule has 0 aliphatic heterocycles. The van der Waals surface area contributed by atoms with Crippen LogP contribution in [0, 0.1) is 0 Å². The quantitative estimate of drug-likeness (QED) is 0.642. The van der Waals surface area contributed by atoms with Gasteiger partial charge in [-0.05, 0) is 90.6 Å². The van der Waals surface area contributed by atoms with Crippen LogP contribution in [0.1, 0.15) is 13.8 Å². The van der Waals surface area contributed by atoms with Crippen LogP contribution in [0.5, 0.6) is 0 Å². The van der Waals surface area contributed by atoms with E-state index in [2.05, 4.69) is 94.7 Å². The van der Waals surface area contributed by atoms with Gasteiger partial charge in [0.1, 0.15) is 6.29 Å². The van der Waals surface area contributed by atoms with E-state index < -0.39 is 0 Å². The van der Waals surface area contributed by atoms with Crippen molar-refractivity contribution < 1.29 is 0 Å². The third-order valence-corrected chi connectivity index (χ3v) is 2.88. The Bertz CT molecular complexity index is 220. The Hall–Kier alpha value is -0.240. The van der Waals surface area contributed by atoms with Crippen molar-refractivity contribution in [3.8, 4) is 0 Å². The van der Waals surface area contributed by atoms with E-state index in [4.69, 9.17) is 0 Å². The first-order valence-corrected chi connectivity index (χ1v) is 8.37. The lowest BCUT2D eigenvalue weighted by atomic mass is 10.5. The first kappa shape index (κ1) is 27.6. The predicted octanol–water partition coefficient (Wildman–Crippen LogP) is 0.980. The van der Waals surface area contributed by atoms with Crippen molar-refractivity contribution in [2.24, 2.45) is 0 Å². The molecule has 0 atom stereocenters. The van der Waals surface area contributed by atoms with Crippen molar-refractivity contribution >= 4 is 0 Å². The van der Waals surface area contributed by atoms with E-state index >= 15 is 0 Å². The molecule has 0 aliphatic rings. The summed E-state index contributed by atoms with van der Waals surface area (Å²) < 4.78 is 0. The molecule has 0 heterocycles. The summed E-state index contributed by atoms with van der Waals surface area (Å²) >= 11 is 0. The van der Waals surface area contributed by atoms with Gasteiger partial charge in [0, 0.05) is 6.67 Å². The first-order chi connectivity index (χ1) is 10.4. The molecule has 23 heavy (non-hydrogen) atoms. The van der Waals surface area contributed by atoms with Crippen LogP contribution >= 0.6 is 0 Å². The van der Waals surface area contributed by atoms with Gasteiger partial charge in [0.15, 0.2) is 0 Å². The molecule has 0 unspecified atom stereocenters. The molecular formula is C17H46N6. The monoisotopic (exact) mass is 334 g/mol. The Morgan fingerprint density at radius 2 is 0.957 bits per heavy atom. The van der Waals surface area contributed by atoms with E-state index in [9.17, 15) is 0 Å². The summed E-state index contributed by atoms with van der Waals surface area (Å²) in [4.78, 5) is 13.1. The van der Waals surface area contributed by atoms with E-state index in [-0.39, 0.29) is 0 Å². The van der Waals surface area contributed by atoms with Gasteiger partial charge in [-0.25, -0.2) is 0 Å². The number of nitrogens with zero attached hydrogens (tertiary/aromatic N) is 6. The van der Waals surface area contributed by atoms with Crippen molar-refractivity contribution in [2.45, 2.75) is 20.1 Å².